The smallest absolute Gasteiger partial charge is 0.252 e. The van der Waals surface area contributed by atoms with Gasteiger partial charge in [-0.05, 0) is 30.3 Å². The van der Waals surface area contributed by atoms with Gasteiger partial charge < -0.3 is 19.7 Å². The predicted molar refractivity (Wildman–Crippen MR) is 115 cm³/mol. The molecule has 1 fully saturated rings. The second kappa shape index (κ2) is 9.84. The van der Waals surface area contributed by atoms with E-state index in [4.69, 9.17) is 9.47 Å². The third-order valence-corrected chi connectivity index (χ3v) is 4.82. The highest BCUT2D eigenvalue weighted by molar-refractivity contribution is 5.95. The Hall–Kier alpha value is -3.45. The number of pyridine rings is 2. The molecule has 1 aliphatic rings. The van der Waals surface area contributed by atoms with Crippen molar-refractivity contribution in [3.63, 3.8) is 0 Å². The number of hydrogen-bond acceptors (Lipinski definition) is 6. The molecule has 0 aliphatic carbocycles. The number of nitrogens with one attached hydrogen (secondary N) is 1. The second-order valence-corrected chi connectivity index (χ2v) is 6.88. The zero-order valence-corrected chi connectivity index (χ0v) is 16.7. The van der Waals surface area contributed by atoms with Crippen molar-refractivity contribution < 1.29 is 14.3 Å². The number of benzene rings is 1. The first-order valence-corrected chi connectivity index (χ1v) is 10.00. The van der Waals surface area contributed by atoms with Gasteiger partial charge in [-0.15, -0.1) is 0 Å². The number of aromatic nitrogens is 2. The molecule has 3 aromatic rings. The molecule has 2 aromatic heterocycles. The molecule has 3 heterocycles. The third kappa shape index (κ3) is 5.12. The number of para-hydroxylation sites is 1. The van der Waals surface area contributed by atoms with E-state index in [-0.39, 0.29) is 5.91 Å². The molecule has 1 N–H and O–H groups in total. The molecule has 4 rings (SSSR count). The summed E-state index contributed by atoms with van der Waals surface area (Å²) in [6.07, 6.45) is 5.12. The lowest BCUT2D eigenvalue weighted by Crippen LogP contribution is -2.36. The van der Waals surface area contributed by atoms with Crippen LogP contribution in [0.5, 0.6) is 5.75 Å². The van der Waals surface area contributed by atoms with Crippen molar-refractivity contribution in [1.29, 1.82) is 0 Å². The minimum Gasteiger partial charge on any atom is -0.492 e. The normalized spacial score (nSPS) is 13.7. The van der Waals surface area contributed by atoms with Gasteiger partial charge in [0, 0.05) is 42.8 Å². The van der Waals surface area contributed by atoms with Crippen LogP contribution < -0.4 is 15.0 Å². The number of ether oxygens (including phenoxy) is 2. The standard InChI is InChI=1S/C23H24N4O3/c28-23(25-8-11-30-21-4-2-1-3-5-21)20-14-19(15-24-16-20)18-6-7-22(26-17-18)27-9-12-29-13-10-27/h1-7,14-17H,8-13H2,(H,25,28). The van der Waals surface area contributed by atoms with Crippen molar-refractivity contribution >= 4 is 11.7 Å². The molecule has 0 radical (unpaired) electrons. The molecule has 0 saturated carbocycles. The molecular formula is C23H24N4O3. The molecule has 0 spiro atoms. The maximum atomic E-state index is 12.5. The van der Waals surface area contributed by atoms with Crippen LogP contribution in [0.1, 0.15) is 10.4 Å². The number of anilines is 1. The molecule has 0 unspecified atom stereocenters. The first kappa shape index (κ1) is 19.8. The Kier molecular flexibility index (Phi) is 6.51. The monoisotopic (exact) mass is 404 g/mol. The fourth-order valence-electron chi connectivity index (χ4n) is 3.21. The lowest BCUT2D eigenvalue weighted by Gasteiger charge is -2.27. The highest BCUT2D eigenvalue weighted by Crippen LogP contribution is 2.21. The maximum Gasteiger partial charge on any atom is 0.252 e. The summed E-state index contributed by atoms with van der Waals surface area (Å²) in [5, 5.41) is 2.86. The molecule has 1 aromatic carbocycles. The number of hydrogen-bond donors (Lipinski definition) is 1. The lowest BCUT2D eigenvalue weighted by atomic mass is 10.1. The van der Waals surface area contributed by atoms with E-state index in [2.05, 4.69) is 20.2 Å². The van der Waals surface area contributed by atoms with Crippen LogP contribution in [0, 0.1) is 0 Å². The fourth-order valence-corrected chi connectivity index (χ4v) is 3.21. The first-order chi connectivity index (χ1) is 14.8. The minimum atomic E-state index is -0.182. The average Bonchev–Trinajstić information content (AvgIpc) is 2.83. The number of carbonyl (C=O) groups is 1. The maximum absolute atomic E-state index is 12.5. The Morgan fingerprint density at radius 3 is 2.63 bits per heavy atom. The first-order valence-electron chi connectivity index (χ1n) is 10.00. The molecule has 1 amide bonds. The number of nitrogens with zero attached hydrogens (tertiary/aromatic N) is 3. The summed E-state index contributed by atoms with van der Waals surface area (Å²) in [7, 11) is 0. The molecule has 0 atom stereocenters. The number of amides is 1. The Morgan fingerprint density at radius 2 is 1.87 bits per heavy atom. The van der Waals surface area contributed by atoms with Crippen LogP contribution in [0.4, 0.5) is 5.82 Å². The highest BCUT2D eigenvalue weighted by Gasteiger charge is 2.13. The Bertz CT molecular complexity index is 958. The molecule has 7 heteroatoms. The van der Waals surface area contributed by atoms with Gasteiger partial charge in [-0.3, -0.25) is 9.78 Å². The average molecular weight is 404 g/mol. The van der Waals surface area contributed by atoms with E-state index in [1.54, 1.807) is 12.4 Å². The van der Waals surface area contributed by atoms with Crippen LogP contribution in [0.15, 0.2) is 67.1 Å². The number of morpholine rings is 1. The van der Waals surface area contributed by atoms with Gasteiger partial charge in [-0.25, -0.2) is 4.98 Å². The van der Waals surface area contributed by atoms with Crippen molar-refractivity contribution in [2.24, 2.45) is 0 Å². The zero-order valence-electron chi connectivity index (χ0n) is 16.7. The number of carbonyl (C=O) groups excluding carboxylic acids is 1. The molecule has 1 saturated heterocycles. The van der Waals surface area contributed by atoms with E-state index in [0.717, 1.165) is 49.0 Å². The largest absolute Gasteiger partial charge is 0.492 e. The summed E-state index contributed by atoms with van der Waals surface area (Å²) >= 11 is 0. The van der Waals surface area contributed by atoms with Crippen LogP contribution in [-0.4, -0.2) is 55.3 Å². The van der Waals surface area contributed by atoms with Crippen molar-refractivity contribution in [3.05, 3.63) is 72.7 Å². The Balaban J connectivity index is 1.34. The molecule has 7 nitrogen and oxygen atoms in total. The lowest BCUT2D eigenvalue weighted by molar-refractivity contribution is 0.0946. The van der Waals surface area contributed by atoms with E-state index in [1.807, 2.05) is 54.7 Å². The van der Waals surface area contributed by atoms with E-state index in [0.29, 0.717) is 18.7 Å². The highest BCUT2D eigenvalue weighted by atomic mass is 16.5. The van der Waals surface area contributed by atoms with Crippen molar-refractivity contribution in [1.82, 2.24) is 15.3 Å². The Labute approximate surface area is 175 Å². The van der Waals surface area contributed by atoms with Gasteiger partial charge in [-0.2, -0.15) is 0 Å². The molecule has 30 heavy (non-hydrogen) atoms. The van der Waals surface area contributed by atoms with Crippen molar-refractivity contribution in [2.75, 3.05) is 44.4 Å². The number of rotatable bonds is 7. The molecule has 0 bridgehead atoms. The summed E-state index contributed by atoms with van der Waals surface area (Å²) in [5.74, 6) is 1.53. The van der Waals surface area contributed by atoms with Crippen LogP contribution in [0.3, 0.4) is 0 Å². The summed E-state index contributed by atoms with van der Waals surface area (Å²) in [4.78, 5) is 23.5. The quantitative estimate of drug-likeness (QED) is 0.611. The summed E-state index contributed by atoms with van der Waals surface area (Å²) < 4.78 is 11.0. The van der Waals surface area contributed by atoms with E-state index < -0.39 is 0 Å². The van der Waals surface area contributed by atoms with Gasteiger partial charge in [-0.1, -0.05) is 18.2 Å². The van der Waals surface area contributed by atoms with Crippen molar-refractivity contribution in [2.45, 2.75) is 0 Å². The SMILES string of the molecule is O=C(NCCOc1ccccc1)c1cncc(-c2ccc(N3CCOCC3)nc2)c1. The van der Waals surface area contributed by atoms with Gasteiger partial charge in [0.15, 0.2) is 0 Å². The van der Waals surface area contributed by atoms with Gasteiger partial charge in [0.2, 0.25) is 0 Å². The van der Waals surface area contributed by atoms with Crippen molar-refractivity contribution in [3.8, 4) is 16.9 Å². The van der Waals surface area contributed by atoms with Crippen LogP contribution in [-0.2, 0) is 4.74 Å². The van der Waals surface area contributed by atoms with E-state index in [9.17, 15) is 4.79 Å². The summed E-state index contributed by atoms with van der Waals surface area (Å²) in [6.45, 7) is 3.94. The summed E-state index contributed by atoms with van der Waals surface area (Å²) in [5.41, 5.74) is 2.27. The molecule has 154 valence electrons. The van der Waals surface area contributed by atoms with Gasteiger partial charge in [0.25, 0.3) is 5.91 Å². The Morgan fingerprint density at radius 1 is 1.03 bits per heavy atom. The van der Waals surface area contributed by atoms with Gasteiger partial charge >= 0.3 is 0 Å². The van der Waals surface area contributed by atoms with Crippen LogP contribution in [0.25, 0.3) is 11.1 Å². The molecular weight excluding hydrogens is 380 g/mol. The fraction of sp³-hybridized carbons (Fsp3) is 0.261. The van der Waals surface area contributed by atoms with Crippen LogP contribution in [0.2, 0.25) is 0 Å². The van der Waals surface area contributed by atoms with Gasteiger partial charge in [0.1, 0.15) is 18.2 Å². The topological polar surface area (TPSA) is 76.6 Å². The van der Waals surface area contributed by atoms with Crippen LogP contribution >= 0.6 is 0 Å². The zero-order chi connectivity index (χ0) is 20.6. The second-order valence-electron chi connectivity index (χ2n) is 6.88. The minimum absolute atomic E-state index is 0.182. The summed E-state index contributed by atoms with van der Waals surface area (Å²) in [6, 6.07) is 15.3. The van der Waals surface area contributed by atoms with E-state index >= 15 is 0 Å². The van der Waals surface area contributed by atoms with Gasteiger partial charge in [0.05, 0.1) is 25.3 Å². The predicted octanol–water partition coefficient (Wildman–Crippen LogP) is 2.79. The van der Waals surface area contributed by atoms with E-state index in [1.165, 1.54) is 0 Å². The third-order valence-electron chi connectivity index (χ3n) is 4.82. The molecule has 1 aliphatic heterocycles.